The zero-order valence-electron chi connectivity index (χ0n) is 12.9. The third kappa shape index (κ3) is 3.86. The fraction of sp³-hybridized carbons (Fsp3) is 0. The van der Waals surface area contributed by atoms with E-state index >= 15 is 0 Å². The van der Waals surface area contributed by atoms with Gasteiger partial charge in [0.1, 0.15) is 0 Å². The zero-order chi connectivity index (χ0) is 14.1. The van der Waals surface area contributed by atoms with Crippen LogP contribution < -0.4 is 24.8 Å². The summed E-state index contributed by atoms with van der Waals surface area (Å²) in [6.45, 7) is 0. The average Bonchev–Trinajstić information content (AvgIpc) is 3.05. The van der Waals surface area contributed by atoms with Gasteiger partial charge in [-0.25, -0.2) is 0 Å². The minimum Gasteiger partial charge on any atom is -1.00 e. The van der Waals surface area contributed by atoms with E-state index in [1.807, 2.05) is 0 Å². The van der Waals surface area contributed by atoms with Gasteiger partial charge in [0.15, 0.2) is 0 Å². The van der Waals surface area contributed by atoms with E-state index in [-0.39, 0.29) is 51.0 Å². The summed E-state index contributed by atoms with van der Waals surface area (Å²) in [5, 5.41) is 2.64. The van der Waals surface area contributed by atoms with Crippen molar-refractivity contribution >= 4 is 10.8 Å². The largest absolute Gasteiger partial charge is 3.00 e. The number of hydrogen-bond donors (Lipinski definition) is 0. The predicted molar refractivity (Wildman–Crippen MR) is 90.4 cm³/mol. The molecular formula is C21H15Cl2Zr. The Morgan fingerprint density at radius 1 is 0.542 bits per heavy atom. The van der Waals surface area contributed by atoms with Crippen molar-refractivity contribution in [2.24, 2.45) is 0 Å². The van der Waals surface area contributed by atoms with Gasteiger partial charge in [-0.15, -0.1) is 16.8 Å². The van der Waals surface area contributed by atoms with E-state index in [4.69, 9.17) is 0 Å². The number of benzene rings is 3. The standard InChI is InChI=1S/C21H15.2ClH.Zr/c1-3-8-16(9-4-1)18-14-15-19(17-10-5-2-6-11-17)21-13-7-12-20(18)21;;;/h1-15H;2*1H;/q-1;;;+3/p-2. The van der Waals surface area contributed by atoms with Crippen molar-refractivity contribution in [3.8, 4) is 22.3 Å². The second kappa shape index (κ2) is 9.28. The summed E-state index contributed by atoms with van der Waals surface area (Å²) in [7, 11) is 0. The van der Waals surface area contributed by atoms with Crippen LogP contribution in [0.3, 0.4) is 0 Å². The third-order valence-corrected chi connectivity index (χ3v) is 3.98. The molecule has 0 aromatic heterocycles. The quantitative estimate of drug-likeness (QED) is 0.391. The van der Waals surface area contributed by atoms with Gasteiger partial charge in [0.2, 0.25) is 0 Å². The Balaban J connectivity index is 0.000000960. The molecule has 0 spiro atoms. The first kappa shape index (κ1) is 20.8. The average molecular weight is 429 g/mol. The van der Waals surface area contributed by atoms with E-state index in [0.717, 1.165) is 0 Å². The number of fused-ring (bicyclic) bond motifs is 1. The molecule has 0 unspecified atom stereocenters. The van der Waals surface area contributed by atoms with E-state index in [1.165, 1.54) is 33.0 Å². The number of rotatable bonds is 2. The minimum atomic E-state index is 0. The van der Waals surface area contributed by atoms with Crippen LogP contribution in [-0.2, 0) is 26.2 Å². The SMILES string of the molecule is [Cl-].[Cl-].[Zr+3].c1ccc(-c2ccc(-c3ccccc3)c3[cH-]ccc23)cc1. The van der Waals surface area contributed by atoms with Gasteiger partial charge in [-0.3, -0.25) is 0 Å². The van der Waals surface area contributed by atoms with Gasteiger partial charge in [-0.05, 0) is 5.56 Å². The molecular weight excluding hydrogens is 414 g/mol. The van der Waals surface area contributed by atoms with Crippen molar-refractivity contribution in [2.75, 3.05) is 0 Å². The molecule has 0 aliphatic carbocycles. The molecule has 0 atom stereocenters. The second-order valence-corrected chi connectivity index (χ2v) is 5.25. The van der Waals surface area contributed by atoms with E-state index < -0.39 is 0 Å². The summed E-state index contributed by atoms with van der Waals surface area (Å²) in [5.41, 5.74) is 5.15. The molecule has 0 saturated carbocycles. The molecule has 4 aromatic carbocycles. The summed E-state index contributed by atoms with van der Waals surface area (Å²) >= 11 is 0. The molecule has 0 aliphatic heterocycles. The molecule has 0 saturated heterocycles. The summed E-state index contributed by atoms with van der Waals surface area (Å²) in [4.78, 5) is 0. The second-order valence-electron chi connectivity index (χ2n) is 5.25. The Kier molecular flexibility index (Phi) is 8.03. The summed E-state index contributed by atoms with van der Waals surface area (Å²) in [6.07, 6.45) is 0. The Bertz CT molecular complexity index is 810. The van der Waals surface area contributed by atoms with Crippen LogP contribution in [0.5, 0.6) is 0 Å². The van der Waals surface area contributed by atoms with Gasteiger partial charge in [0.05, 0.1) is 0 Å². The monoisotopic (exact) mass is 427 g/mol. The molecule has 4 aromatic rings. The van der Waals surface area contributed by atoms with Crippen molar-refractivity contribution in [1.82, 2.24) is 0 Å². The molecule has 3 heteroatoms. The van der Waals surface area contributed by atoms with Crippen LogP contribution in [0.4, 0.5) is 0 Å². The van der Waals surface area contributed by atoms with Crippen LogP contribution in [-0.4, -0.2) is 0 Å². The van der Waals surface area contributed by atoms with E-state index in [1.54, 1.807) is 0 Å². The Hall–Kier alpha value is -1.27. The topological polar surface area (TPSA) is 0 Å². The predicted octanol–water partition coefficient (Wildman–Crippen LogP) is -0.102. The van der Waals surface area contributed by atoms with Crippen LogP contribution in [0.15, 0.2) is 91.0 Å². The van der Waals surface area contributed by atoms with Gasteiger partial charge in [-0.1, -0.05) is 89.5 Å². The molecule has 0 bridgehead atoms. The maximum Gasteiger partial charge on any atom is 3.00 e. The number of hydrogen-bond acceptors (Lipinski definition) is 0. The molecule has 117 valence electrons. The van der Waals surface area contributed by atoms with Crippen molar-refractivity contribution in [3.05, 3.63) is 91.0 Å². The first-order chi connectivity index (χ1) is 10.4. The van der Waals surface area contributed by atoms with E-state index in [2.05, 4.69) is 91.0 Å². The van der Waals surface area contributed by atoms with Gasteiger partial charge >= 0.3 is 26.2 Å². The van der Waals surface area contributed by atoms with Gasteiger partial charge < -0.3 is 24.8 Å². The maximum atomic E-state index is 2.24. The molecule has 0 heterocycles. The molecule has 0 aliphatic rings. The fourth-order valence-electron chi connectivity index (χ4n) is 2.97. The summed E-state index contributed by atoms with van der Waals surface area (Å²) in [5.74, 6) is 0. The van der Waals surface area contributed by atoms with Crippen LogP contribution >= 0.6 is 0 Å². The fourth-order valence-corrected chi connectivity index (χ4v) is 2.97. The number of halogens is 2. The summed E-state index contributed by atoms with van der Waals surface area (Å²) in [6, 6.07) is 32.2. The van der Waals surface area contributed by atoms with E-state index in [0.29, 0.717) is 0 Å². The Morgan fingerprint density at radius 2 is 1.04 bits per heavy atom. The minimum absolute atomic E-state index is 0. The van der Waals surface area contributed by atoms with Gasteiger partial charge in [0, 0.05) is 0 Å². The zero-order valence-corrected chi connectivity index (χ0v) is 16.9. The maximum absolute atomic E-state index is 2.24. The van der Waals surface area contributed by atoms with Gasteiger partial charge in [-0.2, -0.15) is 12.1 Å². The first-order valence-corrected chi connectivity index (χ1v) is 7.23. The van der Waals surface area contributed by atoms with Crippen LogP contribution in [0, 0.1) is 0 Å². The molecule has 1 radical (unpaired) electrons. The third-order valence-electron chi connectivity index (χ3n) is 3.98. The van der Waals surface area contributed by atoms with Crippen molar-refractivity contribution in [3.63, 3.8) is 0 Å². The van der Waals surface area contributed by atoms with Crippen molar-refractivity contribution < 1.29 is 51.0 Å². The van der Waals surface area contributed by atoms with Crippen LogP contribution in [0.25, 0.3) is 33.0 Å². The van der Waals surface area contributed by atoms with Crippen molar-refractivity contribution in [1.29, 1.82) is 0 Å². The molecule has 0 amide bonds. The first-order valence-electron chi connectivity index (χ1n) is 7.23. The van der Waals surface area contributed by atoms with Gasteiger partial charge in [0.25, 0.3) is 0 Å². The van der Waals surface area contributed by atoms with E-state index in [9.17, 15) is 0 Å². The molecule has 0 fully saturated rings. The Labute approximate surface area is 174 Å². The smallest absolute Gasteiger partial charge is 1.00 e. The van der Waals surface area contributed by atoms with Crippen molar-refractivity contribution in [2.45, 2.75) is 0 Å². The Morgan fingerprint density at radius 3 is 1.62 bits per heavy atom. The molecule has 4 rings (SSSR count). The molecule has 0 nitrogen and oxygen atoms in total. The van der Waals surface area contributed by atoms with Crippen LogP contribution in [0.2, 0.25) is 0 Å². The summed E-state index contributed by atoms with van der Waals surface area (Å²) < 4.78 is 0. The van der Waals surface area contributed by atoms with Crippen LogP contribution in [0.1, 0.15) is 0 Å². The normalized spacial score (nSPS) is 9.50. The molecule has 24 heavy (non-hydrogen) atoms. The molecule has 0 N–H and O–H groups in total.